The number of benzene rings is 4. The van der Waals surface area contributed by atoms with Crippen molar-refractivity contribution in [3.05, 3.63) is 139 Å². The van der Waals surface area contributed by atoms with E-state index in [1.165, 1.54) is 6.07 Å². The van der Waals surface area contributed by atoms with Crippen LogP contribution in [-0.2, 0) is 15.1 Å². The van der Waals surface area contributed by atoms with Gasteiger partial charge in [0.2, 0.25) is 0 Å². The summed E-state index contributed by atoms with van der Waals surface area (Å²) in [5.41, 5.74) is -2.32. The minimum absolute atomic E-state index is 0.0231. The maximum atomic E-state index is 14.7. The van der Waals surface area contributed by atoms with Gasteiger partial charge in [-0.2, -0.15) is 5.26 Å². The van der Waals surface area contributed by atoms with Crippen molar-refractivity contribution in [1.29, 1.82) is 5.26 Å². The van der Waals surface area contributed by atoms with Crippen molar-refractivity contribution >= 4 is 58.2 Å². The van der Waals surface area contributed by atoms with Gasteiger partial charge >= 0.3 is 5.97 Å². The Bertz CT molecular complexity index is 1740. The summed E-state index contributed by atoms with van der Waals surface area (Å²) in [6.45, 7) is 1.62. The minimum Gasteiger partial charge on any atom is -0.465 e. The number of esters is 1. The zero-order valence-corrected chi connectivity index (χ0v) is 26.5. The SMILES string of the molecule is CCOC(=O)[C@@]1(C#N)[C@H](c2ccc(Cl)c(Cl)c2)C[C@](O)(c2ccccc2)[C@H](C(=O)c2ccccc2)[C@@H]1c1ccc(Cl)c(Cl)c1. The fraction of sp³-hybridized carbons (Fsp3) is 0.229. The molecule has 0 bridgehead atoms. The highest BCUT2D eigenvalue weighted by Crippen LogP contribution is 2.64. The van der Waals surface area contributed by atoms with Gasteiger partial charge in [0.25, 0.3) is 0 Å². The van der Waals surface area contributed by atoms with Gasteiger partial charge in [-0.25, -0.2) is 0 Å². The van der Waals surface area contributed by atoms with Crippen molar-refractivity contribution in [3.8, 4) is 6.07 Å². The molecule has 0 unspecified atom stereocenters. The van der Waals surface area contributed by atoms with E-state index in [-0.39, 0.29) is 33.1 Å². The van der Waals surface area contributed by atoms with E-state index in [4.69, 9.17) is 51.1 Å². The van der Waals surface area contributed by atoms with Crippen molar-refractivity contribution in [2.24, 2.45) is 11.3 Å². The van der Waals surface area contributed by atoms with Crippen LogP contribution in [0.5, 0.6) is 0 Å². The summed E-state index contributed by atoms with van der Waals surface area (Å²) in [4.78, 5) is 29.1. The van der Waals surface area contributed by atoms with E-state index in [1.807, 2.05) is 0 Å². The first-order valence-electron chi connectivity index (χ1n) is 13.9. The Labute approximate surface area is 275 Å². The molecule has 4 aromatic carbocycles. The number of hydrogen-bond acceptors (Lipinski definition) is 5. The standard InChI is InChI=1S/C35H27Cl4NO4/c1-2-44-33(42)34(20-40)25(22-13-15-26(36)28(38)17-22)19-35(43,24-11-7-4-8-12-24)31(32(41)21-9-5-3-6-10-21)30(34)23-14-16-27(37)29(39)18-23/h3-18,25,30-31,43H,2,19H2,1H3/t25-,30-,31-,34-,35-/m0/s1. The highest BCUT2D eigenvalue weighted by molar-refractivity contribution is 6.42. The van der Waals surface area contributed by atoms with E-state index in [1.54, 1.807) is 97.9 Å². The highest BCUT2D eigenvalue weighted by atomic mass is 35.5. The average Bonchev–Trinajstić information content (AvgIpc) is 3.04. The summed E-state index contributed by atoms with van der Waals surface area (Å²) < 4.78 is 5.62. The number of rotatable bonds is 7. The van der Waals surface area contributed by atoms with Crippen LogP contribution in [0, 0.1) is 22.7 Å². The molecular weight excluding hydrogens is 640 g/mol. The maximum Gasteiger partial charge on any atom is 0.327 e. The molecule has 1 saturated carbocycles. The lowest BCUT2D eigenvalue weighted by molar-refractivity contribution is -0.164. The Hall–Kier alpha value is -3.37. The molecule has 1 N–H and O–H groups in total. The number of nitriles is 1. The first-order chi connectivity index (χ1) is 21.1. The van der Waals surface area contributed by atoms with E-state index in [0.29, 0.717) is 22.3 Å². The molecule has 0 aromatic heterocycles. The van der Waals surface area contributed by atoms with E-state index in [0.717, 1.165) is 0 Å². The van der Waals surface area contributed by atoms with Crippen LogP contribution in [-0.4, -0.2) is 23.5 Å². The number of hydrogen-bond donors (Lipinski definition) is 1. The maximum absolute atomic E-state index is 14.7. The Morgan fingerprint density at radius 3 is 1.93 bits per heavy atom. The van der Waals surface area contributed by atoms with Crippen molar-refractivity contribution in [2.75, 3.05) is 6.61 Å². The number of ketones is 1. The van der Waals surface area contributed by atoms with Crippen LogP contribution in [0.4, 0.5) is 0 Å². The van der Waals surface area contributed by atoms with Gasteiger partial charge in [0.1, 0.15) is 5.60 Å². The van der Waals surface area contributed by atoms with Crippen molar-refractivity contribution < 1.29 is 19.4 Å². The van der Waals surface area contributed by atoms with Gasteiger partial charge in [-0.15, -0.1) is 0 Å². The van der Waals surface area contributed by atoms with E-state index in [9.17, 15) is 20.0 Å². The number of Topliss-reactive ketones (excluding diaryl/α,β-unsaturated/α-hetero) is 1. The Morgan fingerprint density at radius 1 is 0.841 bits per heavy atom. The number of carbonyl (C=O) groups is 2. The molecule has 0 radical (unpaired) electrons. The average molecular weight is 667 g/mol. The molecule has 0 heterocycles. The fourth-order valence-corrected chi connectivity index (χ4v) is 7.13. The molecule has 4 aromatic rings. The molecule has 0 spiro atoms. The molecule has 5 nitrogen and oxygen atoms in total. The Balaban J connectivity index is 1.92. The largest absolute Gasteiger partial charge is 0.465 e. The van der Waals surface area contributed by atoms with Gasteiger partial charge in [0, 0.05) is 17.4 Å². The quantitative estimate of drug-likeness (QED) is 0.157. The second kappa shape index (κ2) is 12.9. The van der Waals surface area contributed by atoms with Crippen LogP contribution in [0.25, 0.3) is 0 Å². The first kappa shape index (κ1) is 32.0. The van der Waals surface area contributed by atoms with Crippen LogP contribution in [0.2, 0.25) is 20.1 Å². The van der Waals surface area contributed by atoms with Crippen LogP contribution < -0.4 is 0 Å². The third-order valence-corrected chi connectivity index (χ3v) is 9.94. The summed E-state index contributed by atoms with van der Waals surface area (Å²) in [6.07, 6.45) is -0.192. The van der Waals surface area contributed by atoms with Crippen LogP contribution >= 0.6 is 46.4 Å². The lowest BCUT2D eigenvalue weighted by Crippen LogP contribution is -2.59. The molecule has 0 aliphatic heterocycles. The predicted molar refractivity (Wildman–Crippen MR) is 172 cm³/mol. The lowest BCUT2D eigenvalue weighted by Gasteiger charge is -2.54. The van der Waals surface area contributed by atoms with Gasteiger partial charge < -0.3 is 9.84 Å². The summed E-state index contributed by atoms with van der Waals surface area (Å²) in [5.74, 6) is -4.90. The molecule has 44 heavy (non-hydrogen) atoms. The van der Waals surface area contributed by atoms with Crippen molar-refractivity contribution in [2.45, 2.75) is 30.8 Å². The number of nitrogens with zero attached hydrogens (tertiary/aromatic N) is 1. The monoisotopic (exact) mass is 665 g/mol. The zero-order chi connectivity index (χ0) is 31.6. The number of carbonyl (C=O) groups excluding carboxylic acids is 2. The topological polar surface area (TPSA) is 87.4 Å². The van der Waals surface area contributed by atoms with Crippen molar-refractivity contribution in [1.82, 2.24) is 0 Å². The molecule has 0 saturated heterocycles. The number of ether oxygens (including phenoxy) is 1. The molecule has 1 fully saturated rings. The number of aliphatic hydroxyl groups is 1. The highest BCUT2D eigenvalue weighted by Gasteiger charge is 2.67. The third kappa shape index (κ3) is 5.51. The molecule has 1 aliphatic rings. The van der Waals surface area contributed by atoms with Crippen LogP contribution in [0.1, 0.15) is 52.2 Å². The van der Waals surface area contributed by atoms with Crippen LogP contribution in [0.3, 0.4) is 0 Å². The number of halogens is 4. The van der Waals surface area contributed by atoms with E-state index in [2.05, 4.69) is 6.07 Å². The van der Waals surface area contributed by atoms with Gasteiger partial charge in [0.15, 0.2) is 11.2 Å². The van der Waals surface area contributed by atoms with Gasteiger partial charge in [0.05, 0.1) is 38.7 Å². The molecule has 0 amide bonds. The van der Waals surface area contributed by atoms with Gasteiger partial charge in [-0.1, -0.05) is 119 Å². The summed E-state index contributed by atoms with van der Waals surface area (Å²) in [5, 5.41) is 25.1. The molecule has 5 rings (SSSR count). The minimum atomic E-state index is -2.03. The third-order valence-electron chi connectivity index (χ3n) is 8.46. The van der Waals surface area contributed by atoms with E-state index < -0.39 is 40.5 Å². The lowest BCUT2D eigenvalue weighted by atomic mass is 9.47. The normalized spacial score (nSPS) is 24.7. The van der Waals surface area contributed by atoms with Crippen LogP contribution in [0.15, 0.2) is 97.1 Å². The second-order valence-electron chi connectivity index (χ2n) is 10.8. The smallest absolute Gasteiger partial charge is 0.327 e. The molecule has 1 aliphatic carbocycles. The molecule has 224 valence electrons. The summed E-state index contributed by atoms with van der Waals surface area (Å²) in [7, 11) is 0. The summed E-state index contributed by atoms with van der Waals surface area (Å²) >= 11 is 25.6. The molecule has 5 atom stereocenters. The van der Waals surface area contributed by atoms with E-state index >= 15 is 0 Å². The Kier molecular flexibility index (Phi) is 9.41. The first-order valence-corrected chi connectivity index (χ1v) is 15.4. The fourth-order valence-electron chi connectivity index (χ4n) is 6.51. The van der Waals surface area contributed by atoms with Gasteiger partial charge in [-0.3, -0.25) is 9.59 Å². The zero-order valence-electron chi connectivity index (χ0n) is 23.5. The van der Waals surface area contributed by atoms with Crippen molar-refractivity contribution in [3.63, 3.8) is 0 Å². The second-order valence-corrected chi connectivity index (χ2v) is 12.4. The Morgan fingerprint density at radius 2 is 1.39 bits per heavy atom. The molecular formula is C35H27Cl4NO4. The predicted octanol–water partition coefficient (Wildman–Crippen LogP) is 9.03. The summed E-state index contributed by atoms with van der Waals surface area (Å²) in [6, 6.07) is 29.1. The van der Waals surface area contributed by atoms with Gasteiger partial charge in [-0.05, 0) is 54.3 Å². The molecule has 9 heteroatoms.